The lowest BCUT2D eigenvalue weighted by Gasteiger charge is -2.32. The van der Waals surface area contributed by atoms with Crippen molar-refractivity contribution in [3.63, 3.8) is 0 Å². The molecule has 2 atom stereocenters. The first-order valence-electron chi connectivity index (χ1n) is 6.95. The van der Waals surface area contributed by atoms with Gasteiger partial charge in [-0.1, -0.05) is 23.7 Å². The Morgan fingerprint density at radius 2 is 2.13 bits per heavy atom. The van der Waals surface area contributed by atoms with E-state index in [1.165, 1.54) is 6.33 Å². The molecule has 0 fully saturated rings. The van der Waals surface area contributed by atoms with Gasteiger partial charge in [-0.3, -0.25) is 14.2 Å². The number of carboxylic acids is 1. The molecule has 120 valence electrons. The van der Waals surface area contributed by atoms with Crippen LogP contribution < -0.4 is 15.6 Å². The molecule has 2 heterocycles. The second kappa shape index (κ2) is 5.92. The topological polar surface area (TPSA) is 93.5 Å². The molecule has 0 unspecified atom stereocenters. The second-order valence-corrected chi connectivity index (χ2v) is 5.68. The Bertz CT molecular complexity index is 803. The Labute approximate surface area is 136 Å². The number of nitrogens with one attached hydrogen (secondary N) is 1. The van der Waals surface area contributed by atoms with E-state index in [4.69, 9.17) is 21.4 Å². The maximum Gasteiger partial charge on any atom is 0.323 e. The van der Waals surface area contributed by atoms with Gasteiger partial charge in [0.05, 0.1) is 6.04 Å². The molecule has 0 spiro atoms. The summed E-state index contributed by atoms with van der Waals surface area (Å²) in [6, 6.07) is 6.93. The molecule has 0 saturated carbocycles. The van der Waals surface area contributed by atoms with Crippen LogP contribution in [0.25, 0.3) is 0 Å². The predicted molar refractivity (Wildman–Crippen MR) is 84.0 cm³/mol. The quantitative estimate of drug-likeness (QED) is 0.890. The maximum absolute atomic E-state index is 12.4. The molecule has 0 aliphatic carbocycles. The molecule has 3 rings (SSSR count). The van der Waals surface area contributed by atoms with E-state index in [-0.39, 0.29) is 23.7 Å². The van der Waals surface area contributed by atoms with Gasteiger partial charge in [0.15, 0.2) is 5.69 Å². The van der Waals surface area contributed by atoms with Crippen molar-refractivity contribution in [2.75, 3.05) is 5.32 Å². The number of carbonyl (C=O) groups is 1. The first-order valence-corrected chi connectivity index (χ1v) is 7.33. The predicted octanol–water partition coefficient (Wildman–Crippen LogP) is 1.92. The second-order valence-electron chi connectivity index (χ2n) is 5.25. The lowest BCUT2D eigenvalue weighted by Crippen LogP contribution is -2.38. The van der Waals surface area contributed by atoms with Crippen LogP contribution >= 0.6 is 11.6 Å². The third-order valence-corrected chi connectivity index (χ3v) is 3.86. The van der Waals surface area contributed by atoms with Gasteiger partial charge in [0.2, 0.25) is 5.88 Å². The van der Waals surface area contributed by atoms with Crippen LogP contribution in [0.4, 0.5) is 5.69 Å². The number of halogens is 1. The van der Waals surface area contributed by atoms with E-state index in [0.717, 1.165) is 10.1 Å². The molecular formula is C15H14ClN3O4. The summed E-state index contributed by atoms with van der Waals surface area (Å²) in [6.45, 7) is 1.40. The van der Waals surface area contributed by atoms with Crippen molar-refractivity contribution in [2.24, 2.45) is 0 Å². The number of carboxylic acid groups (broad SMARTS) is 1. The van der Waals surface area contributed by atoms with Crippen LogP contribution in [0, 0.1) is 0 Å². The zero-order chi connectivity index (χ0) is 16.6. The summed E-state index contributed by atoms with van der Waals surface area (Å²) in [5.74, 6) is -0.942. The minimum absolute atomic E-state index is 0.159. The fraction of sp³-hybridized carbons (Fsp3) is 0.267. The molecule has 1 aliphatic rings. The number of aromatic nitrogens is 2. The number of aliphatic carboxylic acids is 1. The van der Waals surface area contributed by atoms with Crippen LogP contribution in [-0.4, -0.2) is 26.7 Å². The number of hydrogen-bond acceptors (Lipinski definition) is 5. The number of nitrogens with zero attached hydrogens (tertiary/aromatic N) is 2. The largest absolute Gasteiger partial charge is 0.480 e. The highest BCUT2D eigenvalue weighted by molar-refractivity contribution is 6.30. The minimum Gasteiger partial charge on any atom is -0.480 e. The van der Waals surface area contributed by atoms with E-state index in [9.17, 15) is 9.59 Å². The van der Waals surface area contributed by atoms with Gasteiger partial charge in [0.25, 0.3) is 5.56 Å². The lowest BCUT2D eigenvalue weighted by atomic mass is 10.0. The van der Waals surface area contributed by atoms with Gasteiger partial charge in [-0.25, -0.2) is 4.98 Å². The smallest absolute Gasteiger partial charge is 0.323 e. The number of benzene rings is 1. The average molecular weight is 336 g/mol. The van der Waals surface area contributed by atoms with E-state index in [0.29, 0.717) is 5.02 Å². The molecule has 1 aliphatic heterocycles. The van der Waals surface area contributed by atoms with Gasteiger partial charge in [-0.2, -0.15) is 0 Å². The van der Waals surface area contributed by atoms with Gasteiger partial charge in [0, 0.05) is 5.02 Å². The number of anilines is 1. The van der Waals surface area contributed by atoms with Crippen LogP contribution in [0.5, 0.6) is 5.88 Å². The Morgan fingerprint density at radius 3 is 2.78 bits per heavy atom. The molecule has 2 aromatic rings. The molecule has 8 heteroatoms. The number of ether oxygens (including phenoxy) is 1. The lowest BCUT2D eigenvalue weighted by molar-refractivity contribution is -0.137. The van der Waals surface area contributed by atoms with E-state index >= 15 is 0 Å². The average Bonchev–Trinajstić information content (AvgIpc) is 2.50. The summed E-state index contributed by atoms with van der Waals surface area (Å²) < 4.78 is 6.72. The van der Waals surface area contributed by atoms with Crippen molar-refractivity contribution in [3.8, 4) is 5.88 Å². The summed E-state index contributed by atoms with van der Waals surface area (Å²) in [5, 5.41) is 12.6. The fourth-order valence-corrected chi connectivity index (χ4v) is 2.61. The van der Waals surface area contributed by atoms with E-state index in [2.05, 4.69) is 10.3 Å². The van der Waals surface area contributed by atoms with Crippen molar-refractivity contribution >= 4 is 23.3 Å². The van der Waals surface area contributed by atoms with Gasteiger partial charge < -0.3 is 15.2 Å². The van der Waals surface area contributed by atoms with Crippen LogP contribution in [-0.2, 0) is 11.3 Å². The van der Waals surface area contributed by atoms with Crippen molar-refractivity contribution in [1.82, 2.24) is 9.55 Å². The van der Waals surface area contributed by atoms with Crippen LogP contribution in [0.2, 0.25) is 5.02 Å². The van der Waals surface area contributed by atoms with Crippen LogP contribution in [0.1, 0.15) is 18.5 Å². The summed E-state index contributed by atoms with van der Waals surface area (Å²) in [5.41, 5.74) is 0.579. The molecule has 23 heavy (non-hydrogen) atoms. The number of fused-ring (bicyclic) bond motifs is 1. The van der Waals surface area contributed by atoms with Gasteiger partial charge in [0.1, 0.15) is 19.0 Å². The fourth-order valence-electron chi connectivity index (χ4n) is 2.49. The minimum atomic E-state index is -1.12. The highest BCUT2D eigenvalue weighted by Gasteiger charge is 2.30. The Hall–Kier alpha value is -2.54. The number of rotatable bonds is 3. The van der Waals surface area contributed by atoms with Crippen molar-refractivity contribution < 1.29 is 14.6 Å². The maximum atomic E-state index is 12.4. The molecular weight excluding hydrogens is 322 g/mol. The standard InChI is InChI=1S/C15H14ClN3O4/c1-8-12(9-2-4-10(16)5-3-9)18-13-14(23-8)17-7-19(15(13)22)6-11(20)21/h2-5,7-8,12,18H,6H2,1H3,(H,20,21)/t8-,12-/m0/s1. The molecule has 0 bridgehead atoms. The van der Waals surface area contributed by atoms with Crippen LogP contribution in [0.3, 0.4) is 0 Å². The molecule has 2 N–H and O–H groups in total. The van der Waals surface area contributed by atoms with Crippen LogP contribution in [0.15, 0.2) is 35.4 Å². The summed E-state index contributed by atoms with van der Waals surface area (Å²) in [4.78, 5) is 27.2. The summed E-state index contributed by atoms with van der Waals surface area (Å²) in [7, 11) is 0. The molecule has 0 radical (unpaired) electrons. The van der Waals surface area contributed by atoms with E-state index in [1.807, 2.05) is 19.1 Å². The third kappa shape index (κ3) is 3.00. The highest BCUT2D eigenvalue weighted by atomic mass is 35.5. The SMILES string of the molecule is C[C@@H]1Oc2ncn(CC(=O)O)c(=O)c2N[C@@H]1c1ccc(Cl)cc1. The summed E-state index contributed by atoms with van der Waals surface area (Å²) >= 11 is 5.89. The van der Waals surface area contributed by atoms with Crippen molar-refractivity contribution in [3.05, 3.63) is 51.5 Å². The Balaban J connectivity index is 1.98. The zero-order valence-electron chi connectivity index (χ0n) is 12.2. The third-order valence-electron chi connectivity index (χ3n) is 3.60. The molecule has 1 aromatic heterocycles. The Kier molecular flexibility index (Phi) is 3.96. The van der Waals surface area contributed by atoms with Crippen molar-refractivity contribution in [1.29, 1.82) is 0 Å². The molecule has 0 amide bonds. The Morgan fingerprint density at radius 1 is 1.43 bits per heavy atom. The van der Waals surface area contributed by atoms with E-state index < -0.39 is 18.1 Å². The highest BCUT2D eigenvalue weighted by Crippen LogP contribution is 2.33. The normalized spacial score (nSPS) is 19.4. The van der Waals surface area contributed by atoms with Crippen molar-refractivity contribution in [2.45, 2.75) is 25.6 Å². The molecule has 1 aromatic carbocycles. The van der Waals surface area contributed by atoms with E-state index in [1.54, 1.807) is 12.1 Å². The first-order chi connectivity index (χ1) is 11.0. The summed E-state index contributed by atoms with van der Waals surface area (Å²) in [6.07, 6.45) is 0.914. The van der Waals surface area contributed by atoms with Gasteiger partial charge in [-0.05, 0) is 24.6 Å². The van der Waals surface area contributed by atoms with Gasteiger partial charge in [-0.15, -0.1) is 0 Å². The molecule has 0 saturated heterocycles. The zero-order valence-corrected chi connectivity index (χ0v) is 12.9. The number of hydrogen-bond donors (Lipinski definition) is 2. The molecule has 7 nitrogen and oxygen atoms in total. The first kappa shape index (κ1) is 15.4. The van der Waals surface area contributed by atoms with Gasteiger partial charge >= 0.3 is 5.97 Å². The monoisotopic (exact) mass is 335 g/mol.